The molecule has 0 aliphatic carbocycles. The van der Waals surface area contributed by atoms with Crippen LogP contribution in [-0.2, 0) is 13.6 Å². The van der Waals surface area contributed by atoms with Crippen LogP contribution >= 0.6 is 7.60 Å². The van der Waals surface area contributed by atoms with Gasteiger partial charge in [-0.15, -0.1) is 0 Å². The Morgan fingerprint density at radius 3 is 1.57 bits per heavy atom. The second-order valence-corrected chi connectivity index (χ2v) is 11.2. The minimum atomic E-state index is -4.08. The molecule has 1 atom stereocenters. The SMILES string of the molecule is COc1ccc(C(c2ccc(Oc3nc(OC)cc(OC)n3)c(C(=O)O)c2Oc2nc(OC)cc(OC)n2)P(=O)(OC)OC)cc1. The van der Waals surface area contributed by atoms with Gasteiger partial charge in [0, 0.05) is 19.8 Å². The number of hydrogen-bond acceptors (Lipinski definition) is 15. The molecule has 2 aromatic carbocycles. The van der Waals surface area contributed by atoms with E-state index in [1.807, 2.05) is 0 Å². The van der Waals surface area contributed by atoms with E-state index in [-0.39, 0.29) is 52.6 Å². The number of hydrogen-bond donors (Lipinski definition) is 1. The molecule has 0 aliphatic rings. The Labute approximate surface area is 263 Å². The number of aromatic carboxylic acids is 1. The fourth-order valence-corrected chi connectivity index (χ4v) is 5.92. The fourth-order valence-electron chi connectivity index (χ4n) is 4.26. The molecule has 1 unspecified atom stereocenters. The lowest BCUT2D eigenvalue weighted by Crippen LogP contribution is -2.12. The van der Waals surface area contributed by atoms with Crippen LogP contribution in [0.15, 0.2) is 48.5 Å². The van der Waals surface area contributed by atoms with Crippen molar-refractivity contribution in [3.63, 3.8) is 0 Å². The maximum absolute atomic E-state index is 14.2. The van der Waals surface area contributed by atoms with E-state index >= 15 is 0 Å². The first-order valence-electron chi connectivity index (χ1n) is 13.2. The highest BCUT2D eigenvalue weighted by Gasteiger charge is 2.41. The second-order valence-electron chi connectivity index (χ2n) is 8.92. The van der Waals surface area contributed by atoms with Gasteiger partial charge in [-0.1, -0.05) is 18.2 Å². The highest BCUT2D eigenvalue weighted by Crippen LogP contribution is 2.64. The molecule has 0 fully saturated rings. The van der Waals surface area contributed by atoms with E-state index in [1.165, 1.54) is 74.0 Å². The van der Waals surface area contributed by atoms with Crippen molar-refractivity contribution >= 4 is 13.6 Å². The van der Waals surface area contributed by atoms with Crippen LogP contribution in [0.4, 0.5) is 0 Å². The molecule has 0 bridgehead atoms. The lowest BCUT2D eigenvalue weighted by Gasteiger charge is -2.27. The Hall–Kier alpha value is -5.18. The van der Waals surface area contributed by atoms with Crippen molar-refractivity contribution in [3.05, 3.63) is 65.2 Å². The summed E-state index contributed by atoms with van der Waals surface area (Å²) in [6.07, 6.45) is 0. The van der Waals surface area contributed by atoms with Gasteiger partial charge < -0.3 is 47.3 Å². The summed E-state index contributed by atoms with van der Waals surface area (Å²) in [6, 6.07) is 11.4. The Balaban J connectivity index is 2.03. The van der Waals surface area contributed by atoms with Crippen LogP contribution < -0.4 is 33.2 Å². The van der Waals surface area contributed by atoms with E-state index in [1.54, 1.807) is 24.3 Å². The minimum Gasteiger partial charge on any atom is -0.497 e. The van der Waals surface area contributed by atoms with Gasteiger partial charge in [-0.2, -0.15) is 19.9 Å². The molecule has 46 heavy (non-hydrogen) atoms. The molecule has 0 spiro atoms. The third kappa shape index (κ3) is 7.20. The molecule has 0 aliphatic heterocycles. The summed E-state index contributed by atoms with van der Waals surface area (Å²) in [5.74, 6) is -1.35. The van der Waals surface area contributed by atoms with Crippen molar-refractivity contribution in [2.75, 3.05) is 49.8 Å². The van der Waals surface area contributed by atoms with Crippen LogP contribution in [0.25, 0.3) is 0 Å². The third-order valence-corrected chi connectivity index (χ3v) is 8.69. The summed E-state index contributed by atoms with van der Waals surface area (Å²) in [5, 5.41) is 10.6. The summed E-state index contributed by atoms with van der Waals surface area (Å²) < 4.78 is 63.1. The summed E-state index contributed by atoms with van der Waals surface area (Å²) in [5.41, 5.74) is -1.31. The molecule has 244 valence electrons. The average Bonchev–Trinajstić information content (AvgIpc) is 3.08. The molecule has 0 saturated heterocycles. The highest BCUT2D eigenvalue weighted by molar-refractivity contribution is 7.54. The van der Waals surface area contributed by atoms with Crippen LogP contribution in [0.1, 0.15) is 27.1 Å². The average molecular weight is 659 g/mol. The van der Waals surface area contributed by atoms with Crippen molar-refractivity contribution < 1.29 is 56.7 Å². The zero-order valence-corrected chi connectivity index (χ0v) is 26.8. The summed E-state index contributed by atoms with van der Waals surface area (Å²) in [6.45, 7) is 0. The number of ether oxygens (including phenoxy) is 7. The van der Waals surface area contributed by atoms with Gasteiger partial charge in [0.1, 0.15) is 22.7 Å². The summed E-state index contributed by atoms with van der Waals surface area (Å²) >= 11 is 0. The number of carboxylic acids is 1. The third-order valence-electron chi connectivity index (χ3n) is 6.46. The normalized spacial score (nSPS) is 11.7. The molecule has 0 radical (unpaired) electrons. The predicted octanol–water partition coefficient (Wildman–Crippen LogP) is 5.17. The molecule has 0 amide bonds. The lowest BCUT2D eigenvalue weighted by atomic mass is 9.99. The number of carbonyl (C=O) groups is 1. The fraction of sp³-hybridized carbons (Fsp3) is 0.276. The summed E-state index contributed by atoms with van der Waals surface area (Å²) in [7, 11) is 5.32. The Bertz CT molecular complexity index is 1690. The molecule has 4 aromatic rings. The van der Waals surface area contributed by atoms with Crippen molar-refractivity contribution in [2.45, 2.75) is 5.66 Å². The monoisotopic (exact) mass is 658 g/mol. The van der Waals surface area contributed by atoms with E-state index in [0.717, 1.165) is 0 Å². The molecule has 2 aromatic heterocycles. The number of carboxylic acid groups (broad SMARTS) is 1. The van der Waals surface area contributed by atoms with Crippen molar-refractivity contribution in [3.8, 4) is 52.8 Å². The van der Waals surface area contributed by atoms with E-state index in [0.29, 0.717) is 11.3 Å². The van der Waals surface area contributed by atoms with Crippen LogP contribution in [0.3, 0.4) is 0 Å². The lowest BCUT2D eigenvalue weighted by molar-refractivity contribution is 0.0690. The van der Waals surface area contributed by atoms with E-state index in [9.17, 15) is 14.5 Å². The maximum atomic E-state index is 14.2. The molecule has 17 heteroatoms. The first kappa shape index (κ1) is 33.7. The molecule has 16 nitrogen and oxygen atoms in total. The molecular weight excluding hydrogens is 627 g/mol. The highest BCUT2D eigenvalue weighted by atomic mass is 31.2. The van der Waals surface area contributed by atoms with Crippen LogP contribution in [0, 0.1) is 0 Å². The largest absolute Gasteiger partial charge is 0.497 e. The number of benzene rings is 2. The van der Waals surface area contributed by atoms with Gasteiger partial charge in [0.15, 0.2) is 5.75 Å². The number of aromatic nitrogens is 4. The Morgan fingerprint density at radius 2 is 1.15 bits per heavy atom. The van der Waals surface area contributed by atoms with Gasteiger partial charge in [-0.3, -0.25) is 4.57 Å². The van der Waals surface area contributed by atoms with Crippen molar-refractivity contribution in [2.24, 2.45) is 0 Å². The molecule has 4 rings (SSSR count). The van der Waals surface area contributed by atoms with Gasteiger partial charge >= 0.3 is 25.6 Å². The van der Waals surface area contributed by atoms with Crippen molar-refractivity contribution in [1.82, 2.24) is 19.9 Å². The first-order valence-corrected chi connectivity index (χ1v) is 14.8. The van der Waals surface area contributed by atoms with Gasteiger partial charge in [0.05, 0.1) is 47.7 Å². The van der Waals surface area contributed by atoms with E-state index in [4.69, 9.17) is 42.2 Å². The number of methoxy groups -OCH3 is 5. The molecule has 1 N–H and O–H groups in total. The first-order chi connectivity index (χ1) is 22.1. The number of nitrogens with zero attached hydrogens (tertiary/aromatic N) is 4. The molecular formula is C29H31N4O12P. The molecule has 0 saturated carbocycles. The van der Waals surface area contributed by atoms with Crippen LogP contribution in [0.2, 0.25) is 0 Å². The Morgan fingerprint density at radius 1 is 0.674 bits per heavy atom. The van der Waals surface area contributed by atoms with Gasteiger partial charge in [0.2, 0.25) is 23.5 Å². The van der Waals surface area contributed by atoms with Gasteiger partial charge in [-0.25, -0.2) is 4.79 Å². The van der Waals surface area contributed by atoms with Crippen LogP contribution in [-0.4, -0.2) is 80.8 Å². The zero-order chi connectivity index (χ0) is 33.4. The maximum Gasteiger partial charge on any atom is 0.343 e. The van der Waals surface area contributed by atoms with E-state index < -0.39 is 24.8 Å². The molecule has 2 heterocycles. The minimum absolute atomic E-state index is 0.0516. The predicted molar refractivity (Wildman–Crippen MR) is 160 cm³/mol. The summed E-state index contributed by atoms with van der Waals surface area (Å²) in [4.78, 5) is 29.6. The second kappa shape index (κ2) is 14.7. The van der Waals surface area contributed by atoms with Gasteiger partial charge in [0.25, 0.3) is 0 Å². The quantitative estimate of drug-likeness (QED) is 0.165. The van der Waals surface area contributed by atoms with Crippen molar-refractivity contribution in [1.29, 1.82) is 0 Å². The standard InChI is InChI=1S/C29H31N4O12P/c1-37-17-10-8-16(9-11-17)26(46(36,42-6)43-7)18-12-13-19(44-28-30-20(38-2)14-21(31-28)39-3)24(27(34)35)25(18)45-29-32-22(40-4)15-23(33-29)41-5/h8-15,26H,1-7H3,(H,34,35). The smallest absolute Gasteiger partial charge is 0.343 e. The Kier molecular flexibility index (Phi) is 10.8. The van der Waals surface area contributed by atoms with Crippen LogP contribution in [0.5, 0.6) is 52.8 Å². The van der Waals surface area contributed by atoms with Gasteiger partial charge in [-0.05, 0) is 23.8 Å². The van der Waals surface area contributed by atoms with E-state index in [2.05, 4.69) is 19.9 Å². The zero-order valence-electron chi connectivity index (χ0n) is 25.9. The number of rotatable bonds is 15. The topological polar surface area (TPSA) is 189 Å².